The van der Waals surface area contributed by atoms with Gasteiger partial charge >= 0.3 is 0 Å². The average molecular weight is 74.0 g/mol. The van der Waals surface area contributed by atoms with E-state index in [9.17, 15) is 0 Å². The third-order valence-corrected chi connectivity index (χ3v) is 0.105. The molecule has 0 aromatic heterocycles. The molecule has 0 aliphatic rings. The molecule has 0 rings (SSSR count). The minimum atomic E-state index is -0.847. The van der Waals surface area contributed by atoms with Gasteiger partial charge in [0.15, 0.2) is 6.34 Å². The summed E-state index contributed by atoms with van der Waals surface area (Å²) in [5.74, 6) is 0. The standard InChI is InChI=1S/CH2N2O2/c2-1-3(4)5/h2H2. The van der Waals surface area contributed by atoms with Gasteiger partial charge in [-0.2, -0.15) is 0 Å². The molecular formula is CH2N2O2. The van der Waals surface area contributed by atoms with Crippen molar-refractivity contribution < 1.29 is 10.3 Å². The third-order valence-electron chi connectivity index (χ3n) is 0.105. The molecule has 0 unspecified atom stereocenters. The zero-order chi connectivity index (χ0) is 4.28. The molecule has 4 heteroatoms. The highest BCUT2D eigenvalue weighted by molar-refractivity contribution is 5.33. The predicted octanol–water partition coefficient (Wildman–Crippen LogP) is -2.07. The molecule has 28 valence electrons. The highest BCUT2D eigenvalue weighted by Gasteiger charge is 1.60. The summed E-state index contributed by atoms with van der Waals surface area (Å²) in [4.78, 5) is 8.09. The van der Waals surface area contributed by atoms with E-state index in [0.29, 0.717) is 0 Å². The molecule has 0 aliphatic heterocycles. The topological polar surface area (TPSA) is 68.7 Å². The minimum absolute atomic E-state index is 0.847. The second-order valence-electron chi connectivity index (χ2n) is 0.386. The number of nitro groups is 1. The summed E-state index contributed by atoms with van der Waals surface area (Å²) < 4.78 is 0. The van der Waals surface area contributed by atoms with Gasteiger partial charge in [0.25, 0.3) is 0 Å². The van der Waals surface area contributed by atoms with E-state index in [1.165, 1.54) is 6.34 Å². The van der Waals surface area contributed by atoms with Gasteiger partial charge in [-0.15, -0.1) is 0 Å². The molecule has 0 saturated carbocycles. The van der Waals surface area contributed by atoms with Crippen molar-refractivity contribution in [2.24, 2.45) is 0 Å². The summed E-state index contributed by atoms with van der Waals surface area (Å²) in [7, 11) is 0. The van der Waals surface area contributed by atoms with Crippen molar-refractivity contribution in [3.63, 3.8) is 0 Å². The number of hydrogen-bond donors (Lipinski definition) is 1. The van der Waals surface area contributed by atoms with Crippen LogP contribution in [0.15, 0.2) is 0 Å². The molecule has 0 radical (unpaired) electrons. The largest absolute Gasteiger partial charge is 0.371 e. The Hall–Kier alpha value is -0.930. The molecule has 0 spiro atoms. The van der Waals surface area contributed by atoms with Crippen LogP contribution in [0, 0.1) is 10.1 Å². The molecule has 0 bridgehead atoms. The van der Waals surface area contributed by atoms with Crippen LogP contribution in [0.25, 0.3) is 0 Å². The Morgan fingerprint density at radius 2 is 2.20 bits per heavy atom. The molecule has 0 aliphatic carbocycles. The van der Waals surface area contributed by atoms with E-state index in [1.807, 2.05) is 0 Å². The molecule has 0 saturated heterocycles. The quantitative estimate of drug-likeness (QED) is 0.0968. The third kappa shape index (κ3) is 3.07. The van der Waals surface area contributed by atoms with Crippen LogP contribution in [0.2, 0.25) is 0 Å². The van der Waals surface area contributed by atoms with Crippen LogP contribution >= 0.6 is 0 Å². The lowest BCUT2D eigenvalue weighted by molar-refractivity contribution is -0.383. The lowest BCUT2D eigenvalue weighted by Gasteiger charge is -1.74. The summed E-state index contributed by atoms with van der Waals surface area (Å²) in [5, 5.41) is 13.2. The summed E-state index contributed by atoms with van der Waals surface area (Å²) in [6.07, 6.45) is 1.25. The van der Waals surface area contributed by atoms with Crippen LogP contribution in [0.4, 0.5) is 0 Å². The number of nitrogens with zero attached hydrogens (tertiary/aromatic N) is 1. The Kier molecular flexibility index (Phi) is 1.14. The SMILES string of the molecule is [NH2+]=[C-][N+](=O)[O-]. The maximum atomic E-state index is 8.94. The smallest absolute Gasteiger partial charge is 0.197 e. The second-order valence-corrected chi connectivity index (χ2v) is 0.386. The normalized spacial score (nSPS) is 6.40. The van der Waals surface area contributed by atoms with Gasteiger partial charge in [-0.1, -0.05) is 4.92 Å². The fourth-order valence-corrected chi connectivity index (χ4v) is 0. The van der Waals surface area contributed by atoms with E-state index in [4.69, 9.17) is 10.1 Å². The lowest BCUT2D eigenvalue weighted by atomic mass is 11.4. The maximum absolute atomic E-state index is 8.94. The van der Waals surface area contributed by atoms with Crippen LogP contribution < -0.4 is 5.41 Å². The van der Waals surface area contributed by atoms with Gasteiger partial charge in [0.05, 0.1) is 0 Å². The Bertz CT molecular complexity index is 58.7. The van der Waals surface area contributed by atoms with Crippen LogP contribution in [0.1, 0.15) is 0 Å². The molecule has 0 heterocycles. The van der Waals surface area contributed by atoms with Crippen molar-refractivity contribution in [1.29, 1.82) is 0 Å². The van der Waals surface area contributed by atoms with Crippen LogP contribution in [-0.2, 0) is 0 Å². The van der Waals surface area contributed by atoms with Gasteiger partial charge in [0.1, 0.15) is 0 Å². The van der Waals surface area contributed by atoms with Crippen molar-refractivity contribution in [2.75, 3.05) is 0 Å². The van der Waals surface area contributed by atoms with Crippen LogP contribution in [0.3, 0.4) is 0 Å². The highest BCUT2D eigenvalue weighted by Crippen LogP contribution is 1.41. The van der Waals surface area contributed by atoms with Gasteiger partial charge in [0, 0.05) is 0 Å². The summed E-state index contributed by atoms with van der Waals surface area (Å²) >= 11 is 0. The summed E-state index contributed by atoms with van der Waals surface area (Å²) in [6.45, 7) is 0. The molecule has 5 heavy (non-hydrogen) atoms. The summed E-state index contributed by atoms with van der Waals surface area (Å²) in [6, 6.07) is 0. The predicted molar refractivity (Wildman–Crippen MR) is 13.9 cm³/mol. The second kappa shape index (κ2) is 1.40. The molecule has 0 fully saturated rings. The van der Waals surface area contributed by atoms with E-state index >= 15 is 0 Å². The van der Waals surface area contributed by atoms with Crippen molar-refractivity contribution in [1.82, 2.24) is 0 Å². The zero-order valence-corrected chi connectivity index (χ0v) is 2.34. The van der Waals surface area contributed by atoms with Crippen molar-refractivity contribution in [3.8, 4) is 0 Å². The van der Waals surface area contributed by atoms with Crippen LogP contribution in [0.5, 0.6) is 0 Å². The molecule has 0 atom stereocenters. The van der Waals surface area contributed by atoms with Gasteiger partial charge in [0.2, 0.25) is 0 Å². The first-order valence-corrected chi connectivity index (χ1v) is 0.877. The monoisotopic (exact) mass is 74.0 g/mol. The fraction of sp³-hybridized carbons (Fsp3) is 0. The highest BCUT2D eigenvalue weighted by atomic mass is 16.6. The first kappa shape index (κ1) is 4.07. The van der Waals surface area contributed by atoms with E-state index < -0.39 is 4.92 Å². The van der Waals surface area contributed by atoms with E-state index in [2.05, 4.69) is 5.41 Å². The molecule has 0 aromatic rings. The maximum Gasteiger partial charge on any atom is 0.197 e. The Morgan fingerprint density at radius 3 is 2.20 bits per heavy atom. The fourth-order valence-electron chi connectivity index (χ4n) is 0. The van der Waals surface area contributed by atoms with E-state index in [1.54, 1.807) is 0 Å². The molecule has 0 amide bonds. The van der Waals surface area contributed by atoms with Gasteiger partial charge in [-0.25, -0.2) is 0 Å². The number of hydrogen-bond acceptors (Lipinski definition) is 2. The molecule has 4 nitrogen and oxygen atoms in total. The Morgan fingerprint density at radius 1 is 2.00 bits per heavy atom. The minimum Gasteiger partial charge on any atom is -0.371 e. The van der Waals surface area contributed by atoms with E-state index in [-0.39, 0.29) is 0 Å². The van der Waals surface area contributed by atoms with Crippen molar-refractivity contribution in [3.05, 3.63) is 10.1 Å². The molecule has 2 N–H and O–H groups in total. The zero-order valence-electron chi connectivity index (χ0n) is 2.34. The lowest BCUT2D eigenvalue weighted by Crippen LogP contribution is -2.33. The molecular weight excluding hydrogens is 72.0 g/mol. The Balaban J connectivity index is 3.20. The van der Waals surface area contributed by atoms with Crippen LogP contribution in [-0.4, -0.2) is 11.3 Å². The van der Waals surface area contributed by atoms with Gasteiger partial charge in [-0.05, 0) is 0 Å². The number of rotatable bonds is 1. The van der Waals surface area contributed by atoms with Gasteiger partial charge in [-0.3, -0.25) is 10.1 Å². The average Bonchev–Trinajstić information content (AvgIpc) is 1.38. The first-order valence-electron chi connectivity index (χ1n) is 0.877. The van der Waals surface area contributed by atoms with Crippen molar-refractivity contribution in [2.45, 2.75) is 0 Å². The molecule has 0 aromatic carbocycles. The Labute approximate surface area is 28.1 Å². The first-order chi connectivity index (χ1) is 2.27. The van der Waals surface area contributed by atoms with Crippen molar-refractivity contribution >= 4 is 6.34 Å². The van der Waals surface area contributed by atoms with E-state index in [0.717, 1.165) is 0 Å². The number of nitrogens with two attached hydrogens (primary N) is 1. The van der Waals surface area contributed by atoms with Gasteiger partial charge < -0.3 is 5.41 Å². The summed E-state index contributed by atoms with van der Waals surface area (Å²) in [5.41, 5.74) is 0.